The van der Waals surface area contributed by atoms with Crippen LogP contribution in [0, 0.1) is 0 Å². The van der Waals surface area contributed by atoms with Crippen LogP contribution in [0.15, 0.2) is 73.1 Å². The first-order chi connectivity index (χ1) is 12.8. The van der Waals surface area contributed by atoms with Crippen LogP contribution in [0.2, 0.25) is 0 Å². The molecule has 0 spiro atoms. The zero-order valence-corrected chi connectivity index (χ0v) is 14.7. The molecule has 2 aromatic carbocycles. The number of hydrogen-bond acceptors (Lipinski definition) is 3. The molecule has 4 aromatic rings. The van der Waals surface area contributed by atoms with Gasteiger partial charge in [-0.1, -0.05) is 60.7 Å². The van der Waals surface area contributed by atoms with E-state index in [2.05, 4.69) is 41.1 Å². The minimum Gasteiger partial charge on any atom is -0.330 e. The molecule has 0 aliphatic carbocycles. The van der Waals surface area contributed by atoms with E-state index in [0.29, 0.717) is 6.54 Å². The van der Waals surface area contributed by atoms with Crippen molar-refractivity contribution < 1.29 is 0 Å². The third-order valence-electron chi connectivity index (χ3n) is 4.51. The Morgan fingerprint density at radius 3 is 1.88 bits per heavy atom. The fraction of sp³-hybridized carbons (Fsp3) is 0.182. The third-order valence-corrected chi connectivity index (χ3v) is 4.51. The molecule has 2 N–H and O–H groups in total. The second-order valence-electron chi connectivity index (χ2n) is 6.41. The van der Waals surface area contributed by atoms with Crippen LogP contribution in [-0.4, -0.2) is 20.9 Å². The van der Waals surface area contributed by atoms with Gasteiger partial charge < -0.3 is 10.1 Å². The second kappa shape index (κ2) is 7.50. The maximum absolute atomic E-state index is 5.67. The number of aromatic nitrogens is 3. The van der Waals surface area contributed by atoms with Gasteiger partial charge in [-0.2, -0.15) is 0 Å². The molecule has 0 aliphatic heterocycles. The van der Waals surface area contributed by atoms with Gasteiger partial charge in [0.15, 0.2) is 5.65 Å². The third kappa shape index (κ3) is 3.37. The monoisotopic (exact) mass is 342 g/mol. The summed E-state index contributed by atoms with van der Waals surface area (Å²) in [5, 5.41) is 0. The van der Waals surface area contributed by atoms with Crippen LogP contribution < -0.4 is 5.73 Å². The molecule has 130 valence electrons. The number of aryl methyl sites for hydroxylation is 1. The van der Waals surface area contributed by atoms with Gasteiger partial charge in [0.1, 0.15) is 0 Å². The highest BCUT2D eigenvalue weighted by molar-refractivity contribution is 5.66. The van der Waals surface area contributed by atoms with Crippen molar-refractivity contribution >= 4 is 5.65 Å². The number of rotatable bonds is 6. The Bertz CT molecular complexity index is 991. The van der Waals surface area contributed by atoms with Gasteiger partial charge in [0, 0.05) is 23.5 Å². The molecule has 0 saturated heterocycles. The smallest absolute Gasteiger partial charge is 0.159 e. The van der Waals surface area contributed by atoms with E-state index in [9.17, 15) is 0 Å². The summed E-state index contributed by atoms with van der Waals surface area (Å²) in [4.78, 5) is 9.79. The Hall–Kier alpha value is -2.98. The predicted molar refractivity (Wildman–Crippen MR) is 106 cm³/mol. The normalized spacial score (nSPS) is 11.1. The molecule has 0 unspecified atom stereocenters. The van der Waals surface area contributed by atoms with Crippen LogP contribution >= 0.6 is 0 Å². The summed E-state index contributed by atoms with van der Waals surface area (Å²) in [6.07, 6.45) is 7.05. The molecule has 0 saturated carbocycles. The molecule has 26 heavy (non-hydrogen) atoms. The molecule has 2 heterocycles. The molecular formula is C22H22N4. The lowest BCUT2D eigenvalue weighted by molar-refractivity contribution is 0.732. The van der Waals surface area contributed by atoms with Crippen LogP contribution in [0.5, 0.6) is 0 Å². The van der Waals surface area contributed by atoms with E-state index in [4.69, 9.17) is 15.7 Å². The summed E-state index contributed by atoms with van der Waals surface area (Å²) in [5.41, 5.74) is 11.8. The largest absolute Gasteiger partial charge is 0.330 e. The molecule has 0 atom stereocenters. The highest BCUT2D eigenvalue weighted by atomic mass is 15.0. The van der Waals surface area contributed by atoms with E-state index in [1.54, 1.807) is 0 Å². The van der Waals surface area contributed by atoms with Gasteiger partial charge in [-0.05, 0) is 25.8 Å². The average Bonchev–Trinajstić information content (AvgIpc) is 3.14. The SMILES string of the molecule is NCCCCc1nc(-c2ccccc2)cn2cc(-c3ccccc3)nc12. The number of nitrogens with zero attached hydrogens (tertiary/aromatic N) is 3. The van der Waals surface area contributed by atoms with E-state index in [0.717, 1.165) is 53.1 Å². The molecule has 0 fully saturated rings. The standard InChI is InChI=1S/C22H22N4/c23-14-8-7-13-19-22-25-21(18-11-5-2-6-12-18)16-26(22)15-20(24-19)17-9-3-1-4-10-17/h1-6,9-12,15-16H,7-8,13-14,23H2. The molecule has 0 aliphatic rings. The van der Waals surface area contributed by atoms with E-state index in [-0.39, 0.29) is 0 Å². The number of hydrogen-bond donors (Lipinski definition) is 1. The van der Waals surface area contributed by atoms with Gasteiger partial charge in [-0.25, -0.2) is 9.97 Å². The van der Waals surface area contributed by atoms with E-state index in [1.165, 1.54) is 0 Å². The van der Waals surface area contributed by atoms with Gasteiger partial charge >= 0.3 is 0 Å². The molecule has 4 heteroatoms. The van der Waals surface area contributed by atoms with Gasteiger partial charge in [0.2, 0.25) is 0 Å². The highest BCUT2D eigenvalue weighted by Crippen LogP contribution is 2.24. The number of fused-ring (bicyclic) bond motifs is 1. The van der Waals surface area contributed by atoms with Crippen molar-refractivity contribution in [2.75, 3.05) is 6.54 Å². The van der Waals surface area contributed by atoms with Crippen LogP contribution in [0.25, 0.3) is 28.2 Å². The fourth-order valence-electron chi connectivity index (χ4n) is 3.16. The van der Waals surface area contributed by atoms with Crippen LogP contribution in [0.4, 0.5) is 0 Å². The second-order valence-corrected chi connectivity index (χ2v) is 6.41. The topological polar surface area (TPSA) is 56.2 Å². The Morgan fingerprint density at radius 1 is 0.731 bits per heavy atom. The predicted octanol–water partition coefficient (Wildman–Crippen LogP) is 4.34. The first-order valence-corrected chi connectivity index (χ1v) is 9.04. The van der Waals surface area contributed by atoms with Crippen LogP contribution in [0.1, 0.15) is 18.5 Å². The van der Waals surface area contributed by atoms with Crippen LogP contribution in [-0.2, 0) is 6.42 Å². The summed E-state index contributed by atoms with van der Waals surface area (Å²) in [7, 11) is 0. The lowest BCUT2D eigenvalue weighted by Crippen LogP contribution is -2.02. The molecule has 2 aromatic heterocycles. The summed E-state index contributed by atoms with van der Waals surface area (Å²) in [6.45, 7) is 0.707. The van der Waals surface area contributed by atoms with Gasteiger partial charge in [-0.3, -0.25) is 0 Å². The minimum absolute atomic E-state index is 0.707. The first-order valence-electron chi connectivity index (χ1n) is 9.04. The Balaban J connectivity index is 1.82. The number of nitrogens with two attached hydrogens (primary N) is 1. The van der Waals surface area contributed by atoms with E-state index >= 15 is 0 Å². The molecular weight excluding hydrogens is 320 g/mol. The van der Waals surface area contributed by atoms with Crippen molar-refractivity contribution in [3.63, 3.8) is 0 Å². The molecule has 4 rings (SSSR count). The van der Waals surface area contributed by atoms with Gasteiger partial charge in [0.25, 0.3) is 0 Å². The quantitative estimate of drug-likeness (QED) is 0.530. The Kier molecular flexibility index (Phi) is 4.75. The van der Waals surface area contributed by atoms with Crippen LogP contribution in [0.3, 0.4) is 0 Å². The lowest BCUT2D eigenvalue weighted by atomic mass is 10.1. The maximum Gasteiger partial charge on any atom is 0.159 e. The van der Waals surface area contributed by atoms with Crippen molar-refractivity contribution in [1.29, 1.82) is 0 Å². The number of imidazole rings is 1. The number of unbranched alkanes of at least 4 members (excludes halogenated alkanes) is 1. The van der Waals surface area contributed by atoms with E-state index in [1.807, 2.05) is 36.4 Å². The zero-order valence-electron chi connectivity index (χ0n) is 14.7. The van der Waals surface area contributed by atoms with Crippen molar-refractivity contribution in [2.24, 2.45) is 5.73 Å². The molecule has 4 nitrogen and oxygen atoms in total. The Labute approximate surface area is 153 Å². The molecule has 0 bridgehead atoms. The van der Waals surface area contributed by atoms with Crippen molar-refractivity contribution in [1.82, 2.24) is 14.4 Å². The fourth-order valence-corrected chi connectivity index (χ4v) is 3.16. The highest BCUT2D eigenvalue weighted by Gasteiger charge is 2.12. The number of benzene rings is 2. The maximum atomic E-state index is 5.67. The van der Waals surface area contributed by atoms with Gasteiger partial charge in [0.05, 0.1) is 17.1 Å². The van der Waals surface area contributed by atoms with Gasteiger partial charge in [-0.15, -0.1) is 0 Å². The average molecular weight is 342 g/mol. The summed E-state index contributed by atoms with van der Waals surface area (Å²) in [6, 6.07) is 20.5. The van der Waals surface area contributed by atoms with E-state index < -0.39 is 0 Å². The first kappa shape index (κ1) is 16.5. The summed E-state index contributed by atoms with van der Waals surface area (Å²) < 4.78 is 2.11. The van der Waals surface area contributed by atoms with Crippen molar-refractivity contribution in [2.45, 2.75) is 19.3 Å². The summed E-state index contributed by atoms with van der Waals surface area (Å²) >= 11 is 0. The molecule has 0 radical (unpaired) electrons. The van der Waals surface area contributed by atoms with Crippen molar-refractivity contribution in [3.8, 4) is 22.5 Å². The zero-order chi connectivity index (χ0) is 17.8. The van der Waals surface area contributed by atoms with Crippen molar-refractivity contribution in [3.05, 3.63) is 78.8 Å². The Morgan fingerprint density at radius 2 is 1.31 bits per heavy atom. The lowest BCUT2D eigenvalue weighted by Gasteiger charge is -2.07. The minimum atomic E-state index is 0.707. The molecule has 0 amide bonds. The summed E-state index contributed by atoms with van der Waals surface area (Å²) in [5.74, 6) is 0.